The minimum Gasteiger partial charge on any atom is -0.370 e. The predicted molar refractivity (Wildman–Crippen MR) is 103 cm³/mol. The number of hydrogen-bond donors (Lipinski definition) is 2. The third-order valence-electron chi connectivity index (χ3n) is 4.05. The van der Waals surface area contributed by atoms with Crippen LogP contribution in [-0.2, 0) is 13.1 Å². The van der Waals surface area contributed by atoms with Crippen LogP contribution in [0.4, 0.5) is 0 Å². The molecule has 1 aromatic rings. The third-order valence-corrected chi connectivity index (χ3v) is 4.05. The van der Waals surface area contributed by atoms with E-state index < -0.39 is 0 Å². The number of aliphatic imine (C=N–C) groups is 2. The molecule has 24 heavy (non-hydrogen) atoms. The van der Waals surface area contributed by atoms with Crippen LogP contribution >= 0.6 is 0 Å². The van der Waals surface area contributed by atoms with Gasteiger partial charge in [-0.05, 0) is 38.8 Å². The van der Waals surface area contributed by atoms with Crippen molar-refractivity contribution >= 4 is 11.9 Å². The summed E-state index contributed by atoms with van der Waals surface area (Å²) in [6, 6.07) is 8.27. The van der Waals surface area contributed by atoms with Gasteiger partial charge in [0.2, 0.25) is 0 Å². The summed E-state index contributed by atoms with van der Waals surface area (Å²) in [7, 11) is 0. The van der Waals surface area contributed by atoms with E-state index in [0.29, 0.717) is 25.0 Å². The van der Waals surface area contributed by atoms with E-state index in [4.69, 9.17) is 11.5 Å². The van der Waals surface area contributed by atoms with Gasteiger partial charge in [-0.25, -0.2) is 9.98 Å². The van der Waals surface area contributed by atoms with Crippen LogP contribution in [0, 0.1) is 0 Å². The van der Waals surface area contributed by atoms with Crippen LogP contribution in [-0.4, -0.2) is 47.9 Å². The summed E-state index contributed by atoms with van der Waals surface area (Å²) < 4.78 is 0. The summed E-state index contributed by atoms with van der Waals surface area (Å²) in [5.41, 5.74) is 14.3. The van der Waals surface area contributed by atoms with Gasteiger partial charge in [-0.3, -0.25) is 0 Å². The lowest BCUT2D eigenvalue weighted by molar-refractivity contribution is 0.458. The fourth-order valence-electron chi connectivity index (χ4n) is 2.39. The average molecular weight is 332 g/mol. The largest absolute Gasteiger partial charge is 0.370 e. The lowest BCUT2D eigenvalue weighted by atomic mass is 10.1. The van der Waals surface area contributed by atoms with Gasteiger partial charge in [0, 0.05) is 26.2 Å². The topological polar surface area (TPSA) is 83.2 Å². The first-order valence-electron chi connectivity index (χ1n) is 8.73. The zero-order valence-corrected chi connectivity index (χ0v) is 15.5. The van der Waals surface area contributed by atoms with Crippen molar-refractivity contribution in [3.8, 4) is 0 Å². The van der Waals surface area contributed by atoms with Crippen molar-refractivity contribution in [2.75, 3.05) is 26.2 Å². The van der Waals surface area contributed by atoms with E-state index in [2.05, 4.69) is 61.9 Å². The van der Waals surface area contributed by atoms with Crippen LogP contribution in [0.15, 0.2) is 34.3 Å². The van der Waals surface area contributed by atoms with E-state index in [0.717, 1.165) is 37.3 Å². The molecular formula is C18H32N6. The molecule has 0 aliphatic heterocycles. The molecule has 6 heteroatoms. The lowest BCUT2D eigenvalue weighted by Crippen LogP contribution is -2.37. The zero-order valence-electron chi connectivity index (χ0n) is 15.5. The molecular weight excluding hydrogens is 300 g/mol. The first-order valence-corrected chi connectivity index (χ1v) is 8.73. The highest BCUT2D eigenvalue weighted by Gasteiger charge is 2.03. The van der Waals surface area contributed by atoms with Crippen molar-refractivity contribution in [2.24, 2.45) is 21.5 Å². The van der Waals surface area contributed by atoms with E-state index in [-0.39, 0.29) is 0 Å². The summed E-state index contributed by atoms with van der Waals surface area (Å²) in [6.45, 7) is 13.0. The van der Waals surface area contributed by atoms with Crippen molar-refractivity contribution in [3.05, 3.63) is 35.4 Å². The number of hydrogen-bond acceptors (Lipinski definition) is 2. The Morgan fingerprint density at radius 3 is 1.25 bits per heavy atom. The Kier molecular flexibility index (Phi) is 8.68. The van der Waals surface area contributed by atoms with Crippen LogP contribution in [0.1, 0.15) is 38.8 Å². The molecule has 0 heterocycles. The monoisotopic (exact) mass is 332 g/mol. The smallest absolute Gasteiger partial charge is 0.191 e. The molecule has 0 spiro atoms. The van der Waals surface area contributed by atoms with Crippen LogP contribution in [0.25, 0.3) is 0 Å². The Morgan fingerprint density at radius 2 is 1.00 bits per heavy atom. The minimum absolute atomic E-state index is 0.591. The van der Waals surface area contributed by atoms with E-state index in [9.17, 15) is 0 Å². The van der Waals surface area contributed by atoms with Crippen molar-refractivity contribution in [2.45, 2.75) is 40.8 Å². The van der Waals surface area contributed by atoms with Crippen molar-refractivity contribution < 1.29 is 0 Å². The molecule has 0 unspecified atom stereocenters. The second-order valence-corrected chi connectivity index (χ2v) is 5.51. The van der Waals surface area contributed by atoms with Gasteiger partial charge in [-0.2, -0.15) is 0 Å². The van der Waals surface area contributed by atoms with Gasteiger partial charge in [-0.15, -0.1) is 0 Å². The Hall–Kier alpha value is -2.24. The Labute approximate surface area is 146 Å². The van der Waals surface area contributed by atoms with Gasteiger partial charge in [0.05, 0.1) is 13.1 Å². The van der Waals surface area contributed by atoms with Crippen LogP contribution < -0.4 is 11.5 Å². The summed E-state index contributed by atoms with van der Waals surface area (Å²) in [4.78, 5) is 13.0. The first kappa shape index (κ1) is 19.8. The van der Waals surface area contributed by atoms with E-state index >= 15 is 0 Å². The summed E-state index contributed by atoms with van der Waals surface area (Å²) >= 11 is 0. The number of nitrogens with zero attached hydrogens (tertiary/aromatic N) is 4. The van der Waals surface area contributed by atoms with Gasteiger partial charge in [0.1, 0.15) is 0 Å². The number of benzene rings is 1. The SMILES string of the molecule is CCN(CC)C(N)=NCc1ccc(CN=C(N)N(CC)CC)cc1. The molecule has 0 atom stereocenters. The third kappa shape index (κ3) is 6.10. The quantitative estimate of drug-likeness (QED) is 0.563. The van der Waals surface area contributed by atoms with E-state index in [1.165, 1.54) is 0 Å². The van der Waals surface area contributed by atoms with Gasteiger partial charge in [0.15, 0.2) is 11.9 Å². The molecule has 134 valence electrons. The van der Waals surface area contributed by atoms with Crippen LogP contribution in [0.5, 0.6) is 0 Å². The van der Waals surface area contributed by atoms with Gasteiger partial charge < -0.3 is 21.3 Å². The highest BCUT2D eigenvalue weighted by atomic mass is 15.2. The highest BCUT2D eigenvalue weighted by Crippen LogP contribution is 2.07. The standard InChI is InChI=1S/C18H32N6/c1-5-23(6-2)17(19)21-13-15-9-11-16(12-10-15)14-22-18(20)24(7-3)8-4/h9-12H,5-8,13-14H2,1-4H3,(H2,19,21)(H2,20,22). The van der Waals surface area contributed by atoms with Crippen LogP contribution in [0.2, 0.25) is 0 Å². The highest BCUT2D eigenvalue weighted by molar-refractivity contribution is 5.78. The predicted octanol–water partition coefficient (Wildman–Crippen LogP) is 2.00. The number of guanidine groups is 2. The van der Waals surface area contributed by atoms with Gasteiger partial charge in [-0.1, -0.05) is 24.3 Å². The summed E-state index contributed by atoms with van der Waals surface area (Å²) in [5.74, 6) is 1.20. The van der Waals surface area contributed by atoms with Crippen molar-refractivity contribution in [1.29, 1.82) is 0 Å². The molecule has 1 rings (SSSR count). The molecule has 4 N–H and O–H groups in total. The number of rotatable bonds is 8. The van der Waals surface area contributed by atoms with E-state index in [1.54, 1.807) is 0 Å². The minimum atomic E-state index is 0.591. The fourth-order valence-corrected chi connectivity index (χ4v) is 2.39. The van der Waals surface area contributed by atoms with Crippen molar-refractivity contribution in [3.63, 3.8) is 0 Å². The molecule has 1 aromatic carbocycles. The maximum Gasteiger partial charge on any atom is 0.191 e. The first-order chi connectivity index (χ1) is 11.5. The molecule has 0 bridgehead atoms. The summed E-state index contributed by atoms with van der Waals surface area (Å²) in [5, 5.41) is 0. The van der Waals surface area contributed by atoms with Crippen molar-refractivity contribution in [1.82, 2.24) is 9.80 Å². The Morgan fingerprint density at radius 1 is 0.708 bits per heavy atom. The number of nitrogens with two attached hydrogens (primary N) is 2. The Bertz CT molecular complexity index is 478. The van der Waals surface area contributed by atoms with E-state index in [1.807, 2.05) is 9.80 Å². The maximum absolute atomic E-state index is 5.99. The molecule has 0 saturated heterocycles. The second kappa shape index (κ2) is 10.5. The second-order valence-electron chi connectivity index (χ2n) is 5.51. The zero-order chi connectivity index (χ0) is 17.9. The maximum atomic E-state index is 5.99. The molecule has 0 aliphatic rings. The Balaban J connectivity index is 2.63. The van der Waals surface area contributed by atoms with Gasteiger partial charge in [0.25, 0.3) is 0 Å². The summed E-state index contributed by atoms with van der Waals surface area (Å²) in [6.07, 6.45) is 0. The molecule has 0 radical (unpaired) electrons. The molecule has 0 aromatic heterocycles. The fraction of sp³-hybridized carbons (Fsp3) is 0.556. The molecule has 0 fully saturated rings. The molecule has 6 nitrogen and oxygen atoms in total. The lowest BCUT2D eigenvalue weighted by Gasteiger charge is -2.19. The average Bonchev–Trinajstić information content (AvgIpc) is 2.61. The normalized spacial score (nSPS) is 12.3. The molecule has 0 saturated carbocycles. The van der Waals surface area contributed by atoms with Gasteiger partial charge >= 0.3 is 0 Å². The molecule has 0 aliphatic carbocycles. The van der Waals surface area contributed by atoms with Crippen LogP contribution in [0.3, 0.4) is 0 Å². The molecule has 0 amide bonds.